The van der Waals surface area contributed by atoms with Crippen LogP contribution in [-0.4, -0.2) is 0 Å². The van der Waals surface area contributed by atoms with Gasteiger partial charge in [0.15, 0.2) is 11.6 Å². The fourth-order valence-electron chi connectivity index (χ4n) is 1.88. The van der Waals surface area contributed by atoms with Crippen molar-refractivity contribution in [2.75, 3.05) is 5.32 Å². The van der Waals surface area contributed by atoms with Crippen LogP contribution in [0.3, 0.4) is 0 Å². The third kappa shape index (κ3) is 3.71. The number of rotatable bonds is 3. The molecule has 0 aliphatic rings. The van der Waals surface area contributed by atoms with Gasteiger partial charge in [-0.3, -0.25) is 0 Å². The molecule has 0 aliphatic carbocycles. The summed E-state index contributed by atoms with van der Waals surface area (Å²) in [6.45, 7) is 1.71. The van der Waals surface area contributed by atoms with Crippen LogP contribution in [0.15, 0.2) is 42.5 Å². The molecule has 0 saturated heterocycles. The van der Waals surface area contributed by atoms with Gasteiger partial charge in [-0.1, -0.05) is 12.1 Å². The van der Waals surface area contributed by atoms with Crippen LogP contribution in [0, 0.1) is 11.6 Å². The highest BCUT2D eigenvalue weighted by atomic mass is 19.4. The molecule has 0 bridgehead atoms. The number of alkyl halides is 3. The summed E-state index contributed by atoms with van der Waals surface area (Å²) < 4.78 is 63.3. The van der Waals surface area contributed by atoms with Crippen LogP contribution in [0.4, 0.5) is 27.6 Å². The van der Waals surface area contributed by atoms with E-state index in [-0.39, 0.29) is 6.04 Å². The second-order valence-corrected chi connectivity index (χ2v) is 4.61. The zero-order chi connectivity index (χ0) is 15.6. The van der Waals surface area contributed by atoms with Crippen LogP contribution < -0.4 is 5.32 Å². The van der Waals surface area contributed by atoms with E-state index in [1.165, 1.54) is 18.2 Å². The Labute approximate surface area is 118 Å². The lowest BCUT2D eigenvalue weighted by molar-refractivity contribution is -0.137. The predicted octanol–water partition coefficient (Wildman–Crippen LogP) is 5.16. The molecule has 2 aromatic carbocycles. The first-order chi connectivity index (χ1) is 9.77. The summed E-state index contributed by atoms with van der Waals surface area (Å²) in [5.41, 5.74) is 0.223. The van der Waals surface area contributed by atoms with E-state index in [0.717, 1.165) is 24.3 Å². The lowest BCUT2D eigenvalue weighted by atomic mass is 10.1. The second-order valence-electron chi connectivity index (χ2n) is 4.61. The molecule has 1 nitrogen and oxygen atoms in total. The van der Waals surface area contributed by atoms with E-state index < -0.39 is 23.4 Å². The SMILES string of the molecule is CC(Nc1ccc(F)c(F)c1)c1ccc(C(F)(F)F)cc1. The Morgan fingerprint density at radius 3 is 2.05 bits per heavy atom. The summed E-state index contributed by atoms with van der Waals surface area (Å²) in [6, 6.07) is 7.65. The predicted molar refractivity (Wildman–Crippen MR) is 69.8 cm³/mol. The van der Waals surface area contributed by atoms with Crippen molar-refractivity contribution in [1.82, 2.24) is 0 Å². The average Bonchev–Trinajstić information content (AvgIpc) is 2.42. The molecular formula is C15H12F5N. The first-order valence-electron chi connectivity index (χ1n) is 6.16. The molecule has 0 amide bonds. The van der Waals surface area contributed by atoms with Gasteiger partial charge >= 0.3 is 6.18 Å². The maximum absolute atomic E-state index is 13.1. The largest absolute Gasteiger partial charge is 0.416 e. The lowest BCUT2D eigenvalue weighted by Crippen LogP contribution is -2.09. The molecule has 6 heteroatoms. The Balaban J connectivity index is 2.13. The zero-order valence-electron chi connectivity index (χ0n) is 11.0. The second kappa shape index (κ2) is 5.71. The van der Waals surface area contributed by atoms with Crippen molar-refractivity contribution < 1.29 is 22.0 Å². The number of benzene rings is 2. The third-order valence-corrected chi connectivity index (χ3v) is 3.04. The van der Waals surface area contributed by atoms with Crippen LogP contribution in [0.25, 0.3) is 0 Å². The summed E-state index contributed by atoms with van der Waals surface area (Å²) in [4.78, 5) is 0. The number of hydrogen-bond acceptors (Lipinski definition) is 1. The van der Waals surface area contributed by atoms with Crippen LogP contribution in [0.2, 0.25) is 0 Å². The first-order valence-corrected chi connectivity index (χ1v) is 6.16. The molecule has 0 spiro atoms. The Morgan fingerprint density at radius 2 is 1.52 bits per heavy atom. The molecule has 21 heavy (non-hydrogen) atoms. The molecule has 0 aliphatic heterocycles. The van der Waals surface area contributed by atoms with Crippen molar-refractivity contribution in [3.05, 3.63) is 65.2 Å². The van der Waals surface area contributed by atoms with E-state index in [0.29, 0.717) is 11.3 Å². The summed E-state index contributed by atoms with van der Waals surface area (Å²) in [5, 5.41) is 2.90. The summed E-state index contributed by atoms with van der Waals surface area (Å²) in [5.74, 6) is -1.94. The Bertz CT molecular complexity index is 619. The van der Waals surface area contributed by atoms with E-state index in [9.17, 15) is 22.0 Å². The van der Waals surface area contributed by atoms with Crippen LogP contribution in [-0.2, 0) is 6.18 Å². The zero-order valence-corrected chi connectivity index (χ0v) is 11.0. The number of halogens is 5. The topological polar surface area (TPSA) is 12.0 Å². The van der Waals surface area contributed by atoms with Crippen LogP contribution in [0.5, 0.6) is 0 Å². The highest BCUT2D eigenvalue weighted by Crippen LogP contribution is 2.30. The van der Waals surface area contributed by atoms with Crippen molar-refractivity contribution in [3.8, 4) is 0 Å². The van der Waals surface area contributed by atoms with Gasteiger partial charge in [0.05, 0.1) is 5.56 Å². The number of anilines is 1. The molecule has 0 aromatic heterocycles. The molecule has 0 radical (unpaired) electrons. The highest BCUT2D eigenvalue weighted by Gasteiger charge is 2.30. The fourth-order valence-corrected chi connectivity index (χ4v) is 1.88. The van der Waals surface area contributed by atoms with Gasteiger partial charge in [-0.2, -0.15) is 13.2 Å². The Kier molecular flexibility index (Phi) is 4.16. The minimum atomic E-state index is -4.38. The molecule has 1 unspecified atom stereocenters. The number of hydrogen-bond donors (Lipinski definition) is 1. The minimum Gasteiger partial charge on any atom is -0.378 e. The van der Waals surface area contributed by atoms with Crippen LogP contribution >= 0.6 is 0 Å². The van der Waals surface area contributed by atoms with Crippen molar-refractivity contribution in [1.29, 1.82) is 0 Å². The van der Waals surface area contributed by atoms with Gasteiger partial charge in [0, 0.05) is 17.8 Å². The minimum absolute atomic E-state index is 0.348. The standard InChI is InChI=1S/C15H12F5N/c1-9(21-12-6-7-13(16)14(17)8-12)10-2-4-11(5-3-10)15(18,19)20/h2-9,21H,1H3. The van der Waals surface area contributed by atoms with Gasteiger partial charge in [-0.25, -0.2) is 8.78 Å². The molecule has 112 valence electrons. The molecule has 0 fully saturated rings. The summed E-state index contributed by atoms with van der Waals surface area (Å²) in [7, 11) is 0. The fraction of sp³-hybridized carbons (Fsp3) is 0.200. The Morgan fingerprint density at radius 1 is 0.905 bits per heavy atom. The molecule has 2 rings (SSSR count). The lowest BCUT2D eigenvalue weighted by Gasteiger charge is -2.16. The smallest absolute Gasteiger partial charge is 0.378 e. The monoisotopic (exact) mass is 301 g/mol. The molecular weight excluding hydrogens is 289 g/mol. The molecule has 2 aromatic rings. The number of nitrogens with one attached hydrogen (secondary N) is 1. The molecule has 1 atom stereocenters. The van der Waals surface area contributed by atoms with E-state index >= 15 is 0 Å². The summed E-state index contributed by atoms with van der Waals surface area (Å²) in [6.07, 6.45) is -4.38. The van der Waals surface area contributed by atoms with E-state index in [2.05, 4.69) is 5.32 Å². The third-order valence-electron chi connectivity index (χ3n) is 3.04. The van der Waals surface area contributed by atoms with E-state index in [4.69, 9.17) is 0 Å². The quantitative estimate of drug-likeness (QED) is 0.772. The maximum Gasteiger partial charge on any atom is 0.416 e. The van der Waals surface area contributed by atoms with Crippen molar-refractivity contribution in [2.24, 2.45) is 0 Å². The molecule has 0 saturated carbocycles. The van der Waals surface area contributed by atoms with Gasteiger partial charge in [0.2, 0.25) is 0 Å². The van der Waals surface area contributed by atoms with Gasteiger partial charge in [0.25, 0.3) is 0 Å². The first kappa shape index (κ1) is 15.3. The highest BCUT2D eigenvalue weighted by molar-refractivity contribution is 5.46. The van der Waals surface area contributed by atoms with Crippen molar-refractivity contribution in [3.63, 3.8) is 0 Å². The van der Waals surface area contributed by atoms with E-state index in [1.807, 2.05) is 0 Å². The van der Waals surface area contributed by atoms with Gasteiger partial charge < -0.3 is 5.32 Å². The Hall–Kier alpha value is -2.11. The van der Waals surface area contributed by atoms with Crippen molar-refractivity contribution in [2.45, 2.75) is 19.1 Å². The molecule has 0 heterocycles. The van der Waals surface area contributed by atoms with Crippen LogP contribution in [0.1, 0.15) is 24.1 Å². The molecule has 1 N–H and O–H groups in total. The van der Waals surface area contributed by atoms with Crippen molar-refractivity contribution >= 4 is 5.69 Å². The van der Waals surface area contributed by atoms with Gasteiger partial charge in [-0.05, 0) is 36.8 Å². The maximum atomic E-state index is 13.1. The summed E-state index contributed by atoms with van der Waals surface area (Å²) >= 11 is 0. The normalized spacial score (nSPS) is 13.0. The van der Waals surface area contributed by atoms with Gasteiger partial charge in [-0.15, -0.1) is 0 Å². The average molecular weight is 301 g/mol. The van der Waals surface area contributed by atoms with E-state index in [1.54, 1.807) is 6.92 Å². The van der Waals surface area contributed by atoms with Gasteiger partial charge in [0.1, 0.15) is 0 Å².